The molecule has 1 aliphatic rings. The summed E-state index contributed by atoms with van der Waals surface area (Å²) in [6, 6.07) is 17.1. The molecular weight excluding hydrogens is 590 g/mol. The highest BCUT2D eigenvalue weighted by atomic mass is 16.5. The van der Waals surface area contributed by atoms with Gasteiger partial charge in [0, 0.05) is 25.0 Å². The Morgan fingerprint density at radius 3 is 2.00 bits per heavy atom. The van der Waals surface area contributed by atoms with E-state index in [-0.39, 0.29) is 25.0 Å². The highest BCUT2D eigenvalue weighted by Gasteiger charge is 2.53. The molecule has 5 unspecified atom stereocenters. The second-order valence-electron chi connectivity index (χ2n) is 13.4. The first kappa shape index (κ1) is 36.3. The molecule has 252 valence electrons. The highest BCUT2D eigenvalue weighted by Crippen LogP contribution is 2.46. The summed E-state index contributed by atoms with van der Waals surface area (Å²) in [6.07, 6.45) is -1.63. The van der Waals surface area contributed by atoms with E-state index < -0.39 is 53.0 Å². The van der Waals surface area contributed by atoms with Crippen molar-refractivity contribution in [2.75, 3.05) is 20.8 Å². The number of benzene rings is 2. The van der Waals surface area contributed by atoms with Crippen LogP contribution in [0.5, 0.6) is 0 Å². The van der Waals surface area contributed by atoms with Crippen molar-refractivity contribution < 1.29 is 33.8 Å². The van der Waals surface area contributed by atoms with E-state index in [9.17, 15) is 24.3 Å². The Bertz CT molecular complexity index is 1320. The molecule has 0 saturated heterocycles. The van der Waals surface area contributed by atoms with Gasteiger partial charge in [0.2, 0.25) is 5.91 Å². The number of rotatable bonds is 13. The van der Waals surface area contributed by atoms with Crippen molar-refractivity contribution >= 4 is 24.0 Å². The molecule has 0 aromatic heterocycles. The quantitative estimate of drug-likeness (QED) is 0.209. The minimum Gasteiger partial charge on any atom is -0.453 e. The number of hydrogen-bond acceptors (Lipinski definition) is 8. The smallest absolute Gasteiger partial charge is 0.407 e. The van der Waals surface area contributed by atoms with Crippen molar-refractivity contribution in [3.8, 4) is 0 Å². The van der Waals surface area contributed by atoms with Gasteiger partial charge in [0.25, 0.3) is 5.91 Å². The van der Waals surface area contributed by atoms with Crippen molar-refractivity contribution in [1.29, 1.82) is 0 Å². The van der Waals surface area contributed by atoms with Crippen LogP contribution in [0.4, 0.5) is 9.59 Å². The topological polar surface area (TPSA) is 158 Å². The number of carbonyl (C=O) groups excluding carboxylic acids is 4. The molecule has 12 heteroatoms. The summed E-state index contributed by atoms with van der Waals surface area (Å²) < 4.78 is 9.47. The third-order valence-corrected chi connectivity index (χ3v) is 8.62. The van der Waals surface area contributed by atoms with E-state index in [1.165, 1.54) is 14.2 Å². The maximum absolute atomic E-state index is 13.6. The fraction of sp³-hybridized carbons (Fsp3) is 0.529. The van der Waals surface area contributed by atoms with E-state index in [4.69, 9.17) is 9.47 Å². The molecule has 1 saturated carbocycles. The first-order chi connectivity index (χ1) is 21.6. The molecule has 4 amide bonds. The van der Waals surface area contributed by atoms with Crippen LogP contribution in [0.2, 0.25) is 0 Å². The number of ether oxygens (including phenoxy) is 2. The number of nitrogens with zero attached hydrogens (tertiary/aromatic N) is 1. The molecule has 0 aliphatic heterocycles. The Kier molecular flexibility index (Phi) is 12.6. The SMILES string of the molecule is COC(=O)NC(C(=O)NN(Cc1ccccc1)CC(O)C(Cc1ccccc1)NC(=O)C1CC(NC(=O)OC)C1(C)C)C(C)(C)C. The zero-order valence-electron chi connectivity index (χ0n) is 27.8. The van der Waals surface area contributed by atoms with Crippen LogP contribution in [0.3, 0.4) is 0 Å². The lowest BCUT2D eigenvalue weighted by atomic mass is 9.58. The molecule has 5 N–H and O–H groups in total. The van der Waals surface area contributed by atoms with Gasteiger partial charge in [-0.2, -0.15) is 0 Å². The van der Waals surface area contributed by atoms with Crippen LogP contribution in [-0.4, -0.2) is 79.1 Å². The number of aliphatic hydroxyl groups excluding tert-OH is 1. The first-order valence-corrected chi connectivity index (χ1v) is 15.5. The minimum absolute atomic E-state index is 0.0336. The monoisotopic (exact) mass is 639 g/mol. The van der Waals surface area contributed by atoms with Gasteiger partial charge in [-0.15, -0.1) is 0 Å². The van der Waals surface area contributed by atoms with Gasteiger partial charge in [0.15, 0.2) is 0 Å². The van der Waals surface area contributed by atoms with Crippen molar-refractivity contribution in [3.63, 3.8) is 0 Å². The van der Waals surface area contributed by atoms with Crippen LogP contribution in [0.1, 0.15) is 52.2 Å². The molecule has 12 nitrogen and oxygen atoms in total. The van der Waals surface area contributed by atoms with E-state index in [1.54, 1.807) is 5.01 Å². The third kappa shape index (κ3) is 9.92. The van der Waals surface area contributed by atoms with Gasteiger partial charge in [-0.3, -0.25) is 15.0 Å². The Morgan fingerprint density at radius 2 is 1.48 bits per heavy atom. The molecule has 2 aromatic rings. The third-order valence-electron chi connectivity index (χ3n) is 8.62. The molecule has 0 radical (unpaired) electrons. The lowest BCUT2D eigenvalue weighted by molar-refractivity contribution is -0.139. The Labute approximate surface area is 271 Å². The number of hydrazine groups is 1. The summed E-state index contributed by atoms with van der Waals surface area (Å²) in [5.41, 5.74) is 3.49. The molecule has 1 aliphatic carbocycles. The summed E-state index contributed by atoms with van der Waals surface area (Å²) in [4.78, 5) is 51.1. The van der Waals surface area contributed by atoms with Crippen LogP contribution in [0, 0.1) is 16.7 Å². The highest BCUT2D eigenvalue weighted by molar-refractivity contribution is 5.86. The van der Waals surface area contributed by atoms with Crippen molar-refractivity contribution in [3.05, 3.63) is 71.8 Å². The van der Waals surface area contributed by atoms with Crippen LogP contribution in [0.25, 0.3) is 0 Å². The van der Waals surface area contributed by atoms with Crippen LogP contribution in [-0.2, 0) is 32.0 Å². The van der Waals surface area contributed by atoms with Gasteiger partial charge in [-0.1, -0.05) is 95.3 Å². The summed E-state index contributed by atoms with van der Waals surface area (Å²) in [5.74, 6) is -1.12. The number of alkyl carbamates (subject to hydrolysis) is 2. The molecule has 5 atom stereocenters. The molecule has 1 fully saturated rings. The fourth-order valence-electron chi connectivity index (χ4n) is 5.63. The molecule has 0 heterocycles. The van der Waals surface area contributed by atoms with Gasteiger partial charge in [-0.05, 0) is 34.8 Å². The number of carbonyl (C=O) groups is 4. The average molecular weight is 640 g/mol. The van der Waals surface area contributed by atoms with E-state index in [0.717, 1.165) is 11.1 Å². The predicted octanol–water partition coefficient (Wildman–Crippen LogP) is 3.15. The minimum atomic E-state index is -1.11. The second-order valence-corrected chi connectivity index (χ2v) is 13.4. The number of hydrogen-bond donors (Lipinski definition) is 5. The summed E-state index contributed by atoms with van der Waals surface area (Å²) in [5, 5.41) is 21.8. The predicted molar refractivity (Wildman–Crippen MR) is 173 cm³/mol. The normalized spacial score (nSPS) is 19.1. The lowest BCUT2D eigenvalue weighted by Gasteiger charge is -2.51. The number of methoxy groups -OCH3 is 2. The lowest BCUT2D eigenvalue weighted by Crippen LogP contribution is -2.64. The van der Waals surface area contributed by atoms with Gasteiger partial charge >= 0.3 is 12.2 Å². The number of nitrogens with one attached hydrogen (secondary N) is 4. The van der Waals surface area contributed by atoms with Crippen molar-refractivity contribution in [2.45, 2.75) is 78.2 Å². The maximum atomic E-state index is 13.6. The molecule has 3 rings (SSSR count). The molecule has 0 bridgehead atoms. The van der Waals surface area contributed by atoms with E-state index in [0.29, 0.717) is 12.8 Å². The number of aliphatic hydroxyl groups is 1. The Hall–Kier alpha value is -4.16. The van der Waals surface area contributed by atoms with Gasteiger partial charge in [0.05, 0.1) is 26.4 Å². The molecular formula is C34H49N5O7. The standard InChI is InChI=1S/C34H49N5O7/c1-33(2,3)28(37-32(44)46-7)30(42)38-39(20-23-16-12-9-13-17-23)21-26(40)25(18-22-14-10-8-11-15-22)35-29(41)24-19-27(34(24,4)5)36-31(43)45-6/h8-17,24-28,40H,18-21H2,1-7H3,(H,35,41)(H,36,43)(H,37,44)(H,38,42). The summed E-state index contributed by atoms with van der Waals surface area (Å²) >= 11 is 0. The molecule has 46 heavy (non-hydrogen) atoms. The zero-order chi connectivity index (χ0) is 34.1. The maximum Gasteiger partial charge on any atom is 0.407 e. The van der Waals surface area contributed by atoms with Crippen molar-refractivity contribution in [2.24, 2.45) is 16.7 Å². The summed E-state index contributed by atoms with van der Waals surface area (Å²) in [7, 11) is 2.52. The first-order valence-electron chi connectivity index (χ1n) is 15.5. The Balaban J connectivity index is 1.83. The van der Waals surface area contributed by atoms with Crippen molar-refractivity contribution in [1.82, 2.24) is 26.4 Å². The van der Waals surface area contributed by atoms with Gasteiger partial charge < -0.3 is 30.5 Å². The van der Waals surface area contributed by atoms with E-state index in [1.807, 2.05) is 95.3 Å². The van der Waals surface area contributed by atoms with E-state index >= 15 is 0 Å². The summed E-state index contributed by atoms with van der Waals surface area (Å²) in [6.45, 7) is 9.51. The van der Waals surface area contributed by atoms with Crippen LogP contribution < -0.4 is 21.4 Å². The van der Waals surface area contributed by atoms with E-state index in [2.05, 4.69) is 21.4 Å². The van der Waals surface area contributed by atoms with Crippen LogP contribution in [0.15, 0.2) is 60.7 Å². The Morgan fingerprint density at radius 1 is 0.913 bits per heavy atom. The second kappa shape index (κ2) is 15.9. The van der Waals surface area contributed by atoms with Gasteiger partial charge in [-0.25, -0.2) is 14.6 Å². The van der Waals surface area contributed by atoms with Gasteiger partial charge in [0.1, 0.15) is 6.04 Å². The molecule has 0 spiro atoms. The fourth-order valence-corrected chi connectivity index (χ4v) is 5.63. The number of amides is 4. The van der Waals surface area contributed by atoms with Crippen LogP contribution >= 0.6 is 0 Å². The zero-order valence-corrected chi connectivity index (χ0v) is 27.8. The largest absolute Gasteiger partial charge is 0.453 e. The molecule has 2 aromatic carbocycles. The average Bonchev–Trinajstić information content (AvgIpc) is 3.01.